The van der Waals surface area contributed by atoms with Gasteiger partial charge in [-0.2, -0.15) is 4.37 Å². The van der Waals surface area contributed by atoms with Crippen molar-refractivity contribution in [3.8, 4) is 0 Å². The van der Waals surface area contributed by atoms with E-state index in [1.807, 2.05) is 23.1 Å². The van der Waals surface area contributed by atoms with Crippen LogP contribution in [-0.4, -0.2) is 48.9 Å². The van der Waals surface area contributed by atoms with Gasteiger partial charge in [0.15, 0.2) is 10.7 Å². The second-order valence-electron chi connectivity index (χ2n) is 7.77. The maximum Gasteiger partial charge on any atom is 0.269 e. The third-order valence-electron chi connectivity index (χ3n) is 5.67. The molecule has 0 saturated carbocycles. The number of hydrogen-bond donors (Lipinski definition) is 1. The van der Waals surface area contributed by atoms with E-state index in [0.29, 0.717) is 5.69 Å². The normalized spacial score (nSPS) is 16.9. The molecule has 0 bridgehead atoms. The summed E-state index contributed by atoms with van der Waals surface area (Å²) in [6.07, 6.45) is 1.99. The lowest BCUT2D eigenvalue weighted by atomic mass is 10.1. The highest BCUT2D eigenvalue weighted by molar-refractivity contribution is 7.93. The molecule has 2 aromatic carbocycles. The zero-order chi connectivity index (χ0) is 22.9. The summed E-state index contributed by atoms with van der Waals surface area (Å²) in [5, 5.41) is -0.0629. The van der Waals surface area contributed by atoms with Crippen LogP contribution < -0.4 is 9.62 Å². The van der Waals surface area contributed by atoms with E-state index < -0.39 is 26.6 Å². The lowest BCUT2D eigenvalue weighted by molar-refractivity contribution is 0.326. The third kappa shape index (κ3) is 4.59. The molecule has 0 aliphatic carbocycles. The van der Waals surface area contributed by atoms with Gasteiger partial charge >= 0.3 is 0 Å². The lowest BCUT2D eigenvalue weighted by Crippen LogP contribution is -2.35. The SMILES string of the molecule is Cc1c(N(C)C2CCN(Cc3ccccc3)C2)cc(F)c(S(=O)(=O)Nc2ncns2)c1F. The molecule has 1 aliphatic heterocycles. The van der Waals surface area contributed by atoms with Crippen LogP contribution in [0.4, 0.5) is 19.6 Å². The van der Waals surface area contributed by atoms with Gasteiger partial charge in [-0.15, -0.1) is 0 Å². The Kier molecular flexibility index (Phi) is 6.40. The fraction of sp³-hybridized carbons (Fsp3) is 0.333. The van der Waals surface area contributed by atoms with E-state index in [0.717, 1.165) is 50.0 Å². The summed E-state index contributed by atoms with van der Waals surface area (Å²) >= 11 is 0.777. The molecular formula is C21H23F2N5O2S2. The molecule has 1 atom stereocenters. The number of benzene rings is 2. The van der Waals surface area contributed by atoms with Crippen molar-refractivity contribution in [3.05, 3.63) is 65.5 Å². The number of rotatable bonds is 7. The minimum Gasteiger partial charge on any atom is -0.370 e. The molecule has 2 heterocycles. The molecule has 1 saturated heterocycles. The van der Waals surface area contributed by atoms with Crippen LogP contribution in [-0.2, 0) is 16.6 Å². The predicted octanol–water partition coefficient (Wildman–Crippen LogP) is 3.64. The van der Waals surface area contributed by atoms with E-state index in [2.05, 4.69) is 31.1 Å². The Morgan fingerprint density at radius 1 is 1.28 bits per heavy atom. The number of anilines is 2. The summed E-state index contributed by atoms with van der Waals surface area (Å²) in [5.74, 6) is -2.26. The average Bonchev–Trinajstić information content (AvgIpc) is 3.42. The van der Waals surface area contributed by atoms with Gasteiger partial charge in [0.05, 0.1) is 0 Å². The molecule has 3 aromatic rings. The van der Waals surface area contributed by atoms with Crippen LogP contribution in [0.25, 0.3) is 0 Å². The minimum atomic E-state index is -4.49. The summed E-state index contributed by atoms with van der Waals surface area (Å²) in [6.45, 7) is 3.88. The van der Waals surface area contributed by atoms with Crippen LogP contribution in [0.1, 0.15) is 17.5 Å². The van der Waals surface area contributed by atoms with Crippen LogP contribution in [0.3, 0.4) is 0 Å². The van der Waals surface area contributed by atoms with Gasteiger partial charge in [-0.1, -0.05) is 30.3 Å². The molecule has 1 fully saturated rings. The first-order valence-electron chi connectivity index (χ1n) is 10.0. The smallest absolute Gasteiger partial charge is 0.269 e. The number of nitrogens with one attached hydrogen (secondary N) is 1. The Balaban J connectivity index is 1.54. The molecule has 4 rings (SSSR count). The van der Waals surface area contributed by atoms with Crippen LogP contribution in [0, 0.1) is 18.6 Å². The number of aromatic nitrogens is 2. The van der Waals surface area contributed by atoms with Crippen molar-refractivity contribution >= 4 is 32.4 Å². The Labute approximate surface area is 189 Å². The Hall–Kier alpha value is -2.63. The second kappa shape index (κ2) is 9.08. The van der Waals surface area contributed by atoms with Gasteiger partial charge in [0.2, 0.25) is 5.13 Å². The Bertz CT molecular complexity index is 1190. The summed E-state index contributed by atoms with van der Waals surface area (Å²) in [4.78, 5) is 6.82. The number of hydrogen-bond acceptors (Lipinski definition) is 7. The highest BCUT2D eigenvalue weighted by Crippen LogP contribution is 2.33. The maximum atomic E-state index is 15.1. The fourth-order valence-corrected chi connectivity index (χ4v) is 5.84. The number of sulfonamides is 1. The molecule has 32 heavy (non-hydrogen) atoms. The minimum absolute atomic E-state index is 0.0539. The molecule has 1 aromatic heterocycles. The Morgan fingerprint density at radius 3 is 2.72 bits per heavy atom. The van der Waals surface area contributed by atoms with Crippen molar-refractivity contribution in [1.82, 2.24) is 14.3 Å². The first kappa shape index (κ1) is 22.6. The standard InChI is InChI=1S/C21H23F2N5O2S2/c1-14-18(27(2)16-8-9-28(12-16)11-15-6-4-3-5-7-15)10-17(22)20(19(14)23)32(29,30)26-21-24-13-25-31-21/h3-7,10,13,16H,8-9,11-12H2,1-2H3,(H,24,25,26). The average molecular weight is 480 g/mol. The van der Waals surface area contributed by atoms with Gasteiger partial charge in [-0.25, -0.2) is 22.2 Å². The zero-order valence-electron chi connectivity index (χ0n) is 17.6. The molecule has 11 heteroatoms. The van der Waals surface area contributed by atoms with Crippen molar-refractivity contribution in [3.63, 3.8) is 0 Å². The monoisotopic (exact) mass is 479 g/mol. The van der Waals surface area contributed by atoms with Crippen molar-refractivity contribution in [2.75, 3.05) is 29.8 Å². The molecule has 170 valence electrons. The molecule has 0 radical (unpaired) electrons. The van der Waals surface area contributed by atoms with E-state index in [4.69, 9.17) is 0 Å². The van der Waals surface area contributed by atoms with Crippen LogP contribution >= 0.6 is 11.5 Å². The lowest BCUT2D eigenvalue weighted by Gasteiger charge is -2.29. The van der Waals surface area contributed by atoms with Gasteiger partial charge in [0.25, 0.3) is 10.0 Å². The third-order valence-corrected chi connectivity index (χ3v) is 7.75. The van der Waals surface area contributed by atoms with Gasteiger partial charge in [-0.05, 0) is 25.0 Å². The van der Waals surface area contributed by atoms with E-state index in [1.165, 1.54) is 12.5 Å². The summed E-state index contributed by atoms with van der Waals surface area (Å²) < 4.78 is 60.9. The van der Waals surface area contributed by atoms with Gasteiger partial charge < -0.3 is 4.90 Å². The van der Waals surface area contributed by atoms with Crippen molar-refractivity contribution in [1.29, 1.82) is 0 Å². The number of likely N-dealkylation sites (N-methyl/N-ethyl adjacent to an activating group) is 1. The first-order chi connectivity index (χ1) is 15.3. The highest BCUT2D eigenvalue weighted by atomic mass is 32.2. The van der Waals surface area contributed by atoms with E-state index >= 15 is 4.39 Å². The Morgan fingerprint density at radius 2 is 2.03 bits per heavy atom. The second-order valence-corrected chi connectivity index (χ2v) is 10.2. The summed E-state index contributed by atoms with van der Waals surface area (Å²) in [7, 11) is -2.71. The molecule has 0 spiro atoms. The zero-order valence-corrected chi connectivity index (χ0v) is 19.3. The van der Waals surface area contributed by atoms with Gasteiger partial charge in [-0.3, -0.25) is 9.62 Å². The number of nitrogens with zero attached hydrogens (tertiary/aromatic N) is 4. The topological polar surface area (TPSA) is 78.4 Å². The first-order valence-corrected chi connectivity index (χ1v) is 12.3. The molecule has 1 aliphatic rings. The van der Waals surface area contributed by atoms with Crippen LogP contribution in [0.15, 0.2) is 47.6 Å². The molecule has 0 amide bonds. The fourth-order valence-electron chi connectivity index (χ4n) is 3.99. The van der Waals surface area contributed by atoms with Crippen LogP contribution in [0.5, 0.6) is 0 Å². The van der Waals surface area contributed by atoms with Crippen molar-refractivity contribution < 1.29 is 17.2 Å². The quantitative estimate of drug-likeness (QED) is 0.558. The largest absolute Gasteiger partial charge is 0.370 e. The number of likely N-dealkylation sites (tertiary alicyclic amines) is 1. The van der Waals surface area contributed by atoms with E-state index in [-0.39, 0.29) is 16.7 Å². The van der Waals surface area contributed by atoms with E-state index in [1.54, 1.807) is 7.05 Å². The molecule has 1 unspecified atom stereocenters. The highest BCUT2D eigenvalue weighted by Gasteiger charge is 2.32. The summed E-state index contributed by atoms with van der Waals surface area (Å²) in [6, 6.07) is 11.3. The number of halogens is 2. The maximum absolute atomic E-state index is 15.1. The van der Waals surface area contributed by atoms with E-state index in [9.17, 15) is 12.8 Å². The molecular weight excluding hydrogens is 456 g/mol. The van der Waals surface area contributed by atoms with Crippen LogP contribution in [0.2, 0.25) is 0 Å². The van der Waals surface area contributed by atoms with Gasteiger partial charge in [0, 0.05) is 55.5 Å². The predicted molar refractivity (Wildman–Crippen MR) is 120 cm³/mol. The summed E-state index contributed by atoms with van der Waals surface area (Å²) in [5.41, 5.74) is 1.62. The van der Waals surface area contributed by atoms with Crippen molar-refractivity contribution in [2.45, 2.75) is 30.8 Å². The molecule has 7 nitrogen and oxygen atoms in total. The van der Waals surface area contributed by atoms with Crippen molar-refractivity contribution in [2.24, 2.45) is 0 Å². The van der Waals surface area contributed by atoms with Gasteiger partial charge in [0.1, 0.15) is 12.1 Å². The molecule has 1 N–H and O–H groups in total.